The van der Waals surface area contributed by atoms with E-state index < -0.39 is 0 Å². The molecule has 4 rings (SSSR count). The number of fused-ring (bicyclic) bond motifs is 1. The molecule has 1 aromatic carbocycles. The first-order valence-electron chi connectivity index (χ1n) is 9.11. The van der Waals surface area contributed by atoms with Crippen molar-refractivity contribution in [1.29, 1.82) is 0 Å². The highest BCUT2D eigenvalue weighted by molar-refractivity contribution is 7.22. The first-order valence-corrected chi connectivity index (χ1v) is 9.93. The molecule has 0 spiro atoms. The summed E-state index contributed by atoms with van der Waals surface area (Å²) in [6.45, 7) is 6.74. The largest absolute Gasteiger partial charge is 0.379 e. The number of nitrogens with zero attached hydrogens (tertiary/aromatic N) is 4. The van der Waals surface area contributed by atoms with E-state index in [0.29, 0.717) is 17.4 Å². The zero-order valence-corrected chi connectivity index (χ0v) is 16.1. The molecular weight excluding hydrogens is 364 g/mol. The van der Waals surface area contributed by atoms with Crippen molar-refractivity contribution >= 4 is 32.6 Å². The van der Waals surface area contributed by atoms with Crippen molar-refractivity contribution in [3.63, 3.8) is 0 Å². The van der Waals surface area contributed by atoms with Crippen LogP contribution in [0.3, 0.4) is 0 Å². The number of rotatable bonds is 6. The summed E-state index contributed by atoms with van der Waals surface area (Å²) in [4.78, 5) is 21.8. The zero-order chi connectivity index (χ0) is 18.6. The maximum Gasteiger partial charge on any atom is 0.298 e. The second-order valence-electron chi connectivity index (χ2n) is 6.56. The van der Waals surface area contributed by atoms with Crippen molar-refractivity contribution in [2.75, 3.05) is 44.3 Å². The Morgan fingerprint density at radius 2 is 2.11 bits per heavy atom. The Hall–Kier alpha value is -2.29. The zero-order valence-electron chi connectivity index (χ0n) is 15.3. The molecule has 1 fully saturated rings. The highest BCUT2D eigenvalue weighted by Gasteiger charge is 2.24. The Morgan fingerprint density at radius 1 is 1.30 bits per heavy atom. The van der Waals surface area contributed by atoms with Crippen LogP contribution < -0.4 is 4.90 Å². The minimum absolute atomic E-state index is 0.198. The molecule has 1 aliphatic heterocycles. The Balaban J connectivity index is 1.53. The SMILES string of the molecule is Cc1cc(C(=O)N(CCCN2CCOCC2)c2nc3ccccc3s2)on1. The molecule has 0 atom stereocenters. The molecule has 142 valence electrons. The second-order valence-corrected chi connectivity index (χ2v) is 7.57. The molecule has 1 amide bonds. The fourth-order valence-corrected chi connectivity index (χ4v) is 4.12. The van der Waals surface area contributed by atoms with Gasteiger partial charge in [-0.2, -0.15) is 0 Å². The van der Waals surface area contributed by atoms with Crippen molar-refractivity contribution in [2.24, 2.45) is 0 Å². The van der Waals surface area contributed by atoms with Gasteiger partial charge in [0, 0.05) is 32.2 Å². The monoisotopic (exact) mass is 386 g/mol. The first-order chi connectivity index (χ1) is 13.2. The van der Waals surface area contributed by atoms with E-state index in [1.807, 2.05) is 24.3 Å². The Kier molecular flexibility index (Phi) is 5.47. The molecule has 8 heteroatoms. The predicted molar refractivity (Wildman–Crippen MR) is 104 cm³/mol. The van der Waals surface area contributed by atoms with Crippen molar-refractivity contribution in [2.45, 2.75) is 13.3 Å². The van der Waals surface area contributed by atoms with Gasteiger partial charge < -0.3 is 9.26 Å². The summed E-state index contributed by atoms with van der Waals surface area (Å²) in [6, 6.07) is 9.59. The summed E-state index contributed by atoms with van der Waals surface area (Å²) >= 11 is 1.52. The Bertz CT molecular complexity index is 883. The van der Waals surface area contributed by atoms with Gasteiger partial charge in [0.2, 0.25) is 5.76 Å². The predicted octanol–water partition coefficient (Wildman–Crippen LogP) is 2.96. The molecular formula is C19H22N4O3S. The third kappa shape index (κ3) is 4.18. The van der Waals surface area contributed by atoms with Crippen molar-refractivity contribution in [3.8, 4) is 0 Å². The van der Waals surface area contributed by atoms with E-state index in [4.69, 9.17) is 9.26 Å². The average Bonchev–Trinajstić information content (AvgIpc) is 3.31. The normalized spacial score (nSPS) is 15.3. The standard InChI is InChI=1S/C19H22N4O3S/c1-14-13-16(26-21-14)18(24)23(8-4-7-22-9-11-25-12-10-22)19-20-15-5-2-3-6-17(15)27-19/h2-3,5-6,13H,4,7-12H2,1H3. The molecule has 0 bridgehead atoms. The summed E-state index contributed by atoms with van der Waals surface area (Å²) in [5, 5.41) is 4.54. The van der Waals surface area contributed by atoms with Crippen molar-refractivity contribution in [3.05, 3.63) is 41.8 Å². The number of aryl methyl sites for hydroxylation is 1. The quantitative estimate of drug-likeness (QED) is 0.649. The summed E-state index contributed by atoms with van der Waals surface area (Å²) in [5.74, 6) is 0.0507. The van der Waals surface area contributed by atoms with Crippen molar-refractivity contribution < 1.29 is 14.1 Å². The lowest BCUT2D eigenvalue weighted by Crippen LogP contribution is -2.39. The summed E-state index contributed by atoms with van der Waals surface area (Å²) in [5.41, 5.74) is 1.59. The number of amides is 1. The molecule has 0 saturated carbocycles. The average molecular weight is 386 g/mol. The van der Waals surface area contributed by atoms with Gasteiger partial charge in [-0.15, -0.1) is 0 Å². The van der Waals surface area contributed by atoms with Gasteiger partial charge in [0.1, 0.15) is 0 Å². The Labute approximate surface area is 161 Å². The van der Waals surface area contributed by atoms with E-state index in [1.165, 1.54) is 11.3 Å². The van der Waals surface area contributed by atoms with Crippen LogP contribution in [0.2, 0.25) is 0 Å². The van der Waals surface area contributed by atoms with Crippen molar-refractivity contribution in [1.82, 2.24) is 15.0 Å². The van der Waals surface area contributed by atoms with Gasteiger partial charge in [-0.05, 0) is 25.5 Å². The topological polar surface area (TPSA) is 71.7 Å². The first kappa shape index (κ1) is 18.1. The highest BCUT2D eigenvalue weighted by Crippen LogP contribution is 2.29. The van der Waals surface area contributed by atoms with Crippen LogP contribution in [0.25, 0.3) is 10.2 Å². The van der Waals surface area contributed by atoms with Crippen LogP contribution in [0.4, 0.5) is 5.13 Å². The van der Waals surface area contributed by atoms with E-state index in [9.17, 15) is 4.79 Å². The third-order valence-corrected chi connectivity index (χ3v) is 5.62. The van der Waals surface area contributed by atoms with Crippen LogP contribution in [-0.4, -0.2) is 60.3 Å². The van der Waals surface area contributed by atoms with Gasteiger partial charge in [0.15, 0.2) is 5.13 Å². The maximum atomic E-state index is 13.0. The number of carbonyl (C=O) groups excluding carboxylic acids is 1. The van der Waals surface area contributed by atoms with Gasteiger partial charge in [0.05, 0.1) is 29.1 Å². The third-order valence-electron chi connectivity index (χ3n) is 4.56. The fraction of sp³-hybridized carbons (Fsp3) is 0.421. The number of hydrogen-bond donors (Lipinski definition) is 0. The Morgan fingerprint density at radius 3 is 2.85 bits per heavy atom. The molecule has 0 aliphatic carbocycles. The van der Waals surface area contributed by atoms with E-state index in [0.717, 1.165) is 49.5 Å². The lowest BCUT2D eigenvalue weighted by atomic mass is 10.3. The van der Waals surface area contributed by atoms with Crippen LogP contribution >= 0.6 is 11.3 Å². The number of carbonyl (C=O) groups is 1. The second kappa shape index (κ2) is 8.16. The fourth-order valence-electron chi connectivity index (χ4n) is 3.13. The molecule has 0 radical (unpaired) electrons. The van der Waals surface area contributed by atoms with Gasteiger partial charge in [-0.25, -0.2) is 4.98 Å². The number of para-hydroxylation sites is 1. The summed E-state index contributed by atoms with van der Waals surface area (Å²) in [6.07, 6.45) is 0.856. The van der Waals surface area contributed by atoms with E-state index >= 15 is 0 Å². The minimum Gasteiger partial charge on any atom is -0.379 e. The van der Waals surface area contributed by atoms with Crippen LogP contribution in [0.1, 0.15) is 22.7 Å². The van der Waals surface area contributed by atoms with Crippen LogP contribution in [0.15, 0.2) is 34.9 Å². The van der Waals surface area contributed by atoms with Gasteiger partial charge >= 0.3 is 0 Å². The van der Waals surface area contributed by atoms with Crippen LogP contribution in [-0.2, 0) is 4.74 Å². The number of aromatic nitrogens is 2. The number of anilines is 1. The number of benzene rings is 1. The van der Waals surface area contributed by atoms with Crippen LogP contribution in [0, 0.1) is 6.92 Å². The molecule has 7 nitrogen and oxygen atoms in total. The van der Waals surface area contributed by atoms with Gasteiger partial charge in [-0.1, -0.05) is 28.6 Å². The summed E-state index contributed by atoms with van der Waals surface area (Å²) in [7, 11) is 0. The van der Waals surface area contributed by atoms with E-state index in [2.05, 4.69) is 15.0 Å². The number of morpholine rings is 1. The molecule has 1 saturated heterocycles. The lowest BCUT2D eigenvalue weighted by Gasteiger charge is -2.27. The van der Waals surface area contributed by atoms with E-state index in [1.54, 1.807) is 17.9 Å². The number of hydrogen-bond acceptors (Lipinski definition) is 7. The van der Waals surface area contributed by atoms with Gasteiger partial charge in [0.25, 0.3) is 5.91 Å². The molecule has 0 unspecified atom stereocenters. The van der Waals surface area contributed by atoms with Crippen LogP contribution in [0.5, 0.6) is 0 Å². The molecule has 3 heterocycles. The summed E-state index contributed by atoms with van der Waals surface area (Å²) < 4.78 is 11.7. The molecule has 3 aromatic rings. The molecule has 27 heavy (non-hydrogen) atoms. The van der Waals surface area contributed by atoms with E-state index in [-0.39, 0.29) is 11.7 Å². The molecule has 0 N–H and O–H groups in total. The molecule has 1 aliphatic rings. The minimum atomic E-state index is -0.198. The number of thiazole rings is 1. The van der Waals surface area contributed by atoms with Gasteiger partial charge in [-0.3, -0.25) is 14.6 Å². The molecule has 2 aromatic heterocycles. The highest BCUT2D eigenvalue weighted by atomic mass is 32.1. The smallest absolute Gasteiger partial charge is 0.298 e. The number of ether oxygens (including phenoxy) is 1. The maximum absolute atomic E-state index is 13.0. The lowest BCUT2D eigenvalue weighted by molar-refractivity contribution is 0.0376.